The third kappa shape index (κ3) is 3.55. The van der Waals surface area contributed by atoms with Gasteiger partial charge in [0.05, 0.1) is 7.11 Å². The van der Waals surface area contributed by atoms with Crippen LogP contribution in [0.3, 0.4) is 0 Å². The Bertz CT molecular complexity index is 435. The first-order valence-electron chi connectivity index (χ1n) is 5.44. The van der Waals surface area contributed by atoms with Gasteiger partial charge in [-0.15, -0.1) is 0 Å². The Kier molecular flexibility index (Phi) is 5.30. The number of carbonyl (C=O) groups is 1. The lowest BCUT2D eigenvalue weighted by Gasteiger charge is -2.07. The predicted octanol–water partition coefficient (Wildman–Crippen LogP) is 2.85. The minimum Gasteiger partial charge on any atom is -0.483 e. The summed E-state index contributed by atoms with van der Waals surface area (Å²) in [5.41, 5.74) is 0.397. The molecule has 0 radical (unpaired) electrons. The van der Waals surface area contributed by atoms with Crippen LogP contribution in [0.25, 0.3) is 0 Å². The lowest BCUT2D eigenvalue weighted by Crippen LogP contribution is -2.07. The molecule has 5 heteroatoms. The molecule has 3 nitrogen and oxygen atoms in total. The number of methoxy groups -OCH3 is 1. The highest BCUT2D eigenvalue weighted by molar-refractivity contribution is 5.88. The molecule has 0 aliphatic rings. The van der Waals surface area contributed by atoms with Gasteiger partial charge in [0.1, 0.15) is 6.61 Å². The Balaban J connectivity index is 2.71. The molecule has 98 valence electrons. The van der Waals surface area contributed by atoms with Crippen molar-refractivity contribution in [2.75, 3.05) is 13.7 Å². The van der Waals surface area contributed by atoms with E-state index >= 15 is 0 Å². The lowest BCUT2D eigenvalue weighted by atomic mass is 10.2. The van der Waals surface area contributed by atoms with Crippen molar-refractivity contribution in [2.45, 2.75) is 13.3 Å². The fourth-order valence-electron chi connectivity index (χ4n) is 1.35. The molecule has 1 aromatic carbocycles. The molecule has 0 fully saturated rings. The van der Waals surface area contributed by atoms with Crippen LogP contribution in [0, 0.1) is 11.6 Å². The molecule has 0 unspecified atom stereocenters. The molecule has 0 amide bonds. The van der Waals surface area contributed by atoms with Gasteiger partial charge in [0.15, 0.2) is 17.4 Å². The first kappa shape index (κ1) is 14.2. The van der Waals surface area contributed by atoms with Gasteiger partial charge in [-0.05, 0) is 24.6 Å². The largest absolute Gasteiger partial charge is 0.483 e. The predicted molar refractivity (Wildman–Crippen MR) is 62.2 cm³/mol. The van der Waals surface area contributed by atoms with Crippen LogP contribution < -0.4 is 4.74 Å². The molecular weight excluding hydrogens is 242 g/mol. The summed E-state index contributed by atoms with van der Waals surface area (Å²) in [6, 6.07) is 3.45. The van der Waals surface area contributed by atoms with Crippen molar-refractivity contribution in [2.24, 2.45) is 0 Å². The number of carbonyl (C=O) groups excluding carboxylic acids is 1. The second-order valence-electron chi connectivity index (χ2n) is 3.44. The van der Waals surface area contributed by atoms with E-state index < -0.39 is 23.4 Å². The Morgan fingerprint density at radius 1 is 1.33 bits per heavy atom. The molecule has 0 saturated heterocycles. The second kappa shape index (κ2) is 6.74. The van der Waals surface area contributed by atoms with Crippen molar-refractivity contribution < 1.29 is 23.0 Å². The third-order valence-electron chi connectivity index (χ3n) is 2.30. The summed E-state index contributed by atoms with van der Waals surface area (Å²) in [5.74, 6) is -2.48. The van der Waals surface area contributed by atoms with Crippen LogP contribution in [-0.2, 0) is 9.53 Å². The molecule has 1 rings (SSSR count). The van der Waals surface area contributed by atoms with Crippen LogP contribution in [-0.4, -0.2) is 19.7 Å². The number of hydrogen-bond donors (Lipinski definition) is 0. The van der Waals surface area contributed by atoms with Crippen molar-refractivity contribution in [1.29, 1.82) is 0 Å². The molecule has 1 aromatic rings. The maximum atomic E-state index is 13.2. The minimum atomic E-state index is -0.778. The summed E-state index contributed by atoms with van der Waals surface area (Å²) in [7, 11) is 1.27. The van der Waals surface area contributed by atoms with E-state index in [-0.39, 0.29) is 6.61 Å². The first-order valence-corrected chi connectivity index (χ1v) is 5.44. The summed E-state index contributed by atoms with van der Waals surface area (Å²) >= 11 is 0. The van der Waals surface area contributed by atoms with Gasteiger partial charge in [0.2, 0.25) is 0 Å². The summed E-state index contributed by atoms with van der Waals surface area (Å²) in [6.45, 7) is 1.67. The summed E-state index contributed by atoms with van der Waals surface area (Å²) in [6.07, 6.45) is 1.90. The van der Waals surface area contributed by atoms with Gasteiger partial charge in [-0.3, -0.25) is 0 Å². The van der Waals surface area contributed by atoms with Crippen molar-refractivity contribution in [3.8, 4) is 5.75 Å². The van der Waals surface area contributed by atoms with E-state index in [1.54, 1.807) is 6.92 Å². The third-order valence-corrected chi connectivity index (χ3v) is 2.30. The zero-order valence-electron chi connectivity index (χ0n) is 10.2. The van der Waals surface area contributed by atoms with Crippen LogP contribution in [0.2, 0.25) is 0 Å². The molecule has 0 saturated carbocycles. The van der Waals surface area contributed by atoms with Gasteiger partial charge < -0.3 is 9.47 Å². The van der Waals surface area contributed by atoms with E-state index in [9.17, 15) is 13.6 Å². The molecule has 0 aliphatic heterocycles. The number of hydrogen-bond acceptors (Lipinski definition) is 3. The summed E-state index contributed by atoms with van der Waals surface area (Å²) in [5, 5.41) is 0. The first-order chi connectivity index (χ1) is 8.60. The molecule has 0 atom stereocenters. The Morgan fingerprint density at radius 2 is 1.94 bits per heavy atom. The van der Waals surface area contributed by atoms with Gasteiger partial charge in [0.25, 0.3) is 0 Å². The van der Waals surface area contributed by atoms with E-state index in [0.29, 0.717) is 12.0 Å². The monoisotopic (exact) mass is 256 g/mol. The van der Waals surface area contributed by atoms with Gasteiger partial charge in [0, 0.05) is 5.57 Å². The Labute approximate surface area is 104 Å². The number of benzene rings is 1. The number of rotatable bonds is 5. The molecule has 0 N–H and O–H groups in total. The quantitative estimate of drug-likeness (QED) is 0.600. The zero-order valence-corrected chi connectivity index (χ0v) is 10.2. The molecule has 0 spiro atoms. The van der Waals surface area contributed by atoms with Crippen LogP contribution in [0.15, 0.2) is 29.8 Å². The SMILES string of the molecule is CC/C(=C/COc1c(F)cccc1F)C(=O)OC. The number of para-hydroxylation sites is 1. The maximum absolute atomic E-state index is 13.2. The normalized spacial score (nSPS) is 11.2. The van der Waals surface area contributed by atoms with Crippen molar-refractivity contribution >= 4 is 5.97 Å². The Hall–Kier alpha value is -1.91. The highest BCUT2D eigenvalue weighted by Gasteiger charge is 2.10. The van der Waals surface area contributed by atoms with E-state index in [1.165, 1.54) is 19.3 Å². The van der Waals surface area contributed by atoms with Gasteiger partial charge in [-0.2, -0.15) is 0 Å². The van der Waals surface area contributed by atoms with E-state index in [4.69, 9.17) is 4.74 Å². The summed E-state index contributed by atoms with van der Waals surface area (Å²) in [4.78, 5) is 11.2. The van der Waals surface area contributed by atoms with Crippen LogP contribution in [0.4, 0.5) is 8.78 Å². The molecule has 0 heterocycles. The molecule has 0 aliphatic carbocycles. The van der Waals surface area contributed by atoms with E-state index in [1.807, 2.05) is 0 Å². The molecular formula is C13H14F2O3. The van der Waals surface area contributed by atoms with Crippen molar-refractivity contribution in [1.82, 2.24) is 0 Å². The topological polar surface area (TPSA) is 35.5 Å². The van der Waals surface area contributed by atoms with Crippen molar-refractivity contribution in [3.63, 3.8) is 0 Å². The van der Waals surface area contributed by atoms with Gasteiger partial charge in [-0.1, -0.05) is 13.0 Å². The number of ether oxygens (including phenoxy) is 2. The summed E-state index contributed by atoms with van der Waals surface area (Å²) < 4.78 is 35.9. The number of halogens is 2. The van der Waals surface area contributed by atoms with Gasteiger partial charge >= 0.3 is 5.97 Å². The average molecular weight is 256 g/mol. The van der Waals surface area contributed by atoms with Crippen LogP contribution >= 0.6 is 0 Å². The molecule has 0 aromatic heterocycles. The molecule has 0 bridgehead atoms. The van der Waals surface area contributed by atoms with Crippen LogP contribution in [0.5, 0.6) is 5.75 Å². The lowest BCUT2D eigenvalue weighted by molar-refractivity contribution is -0.136. The maximum Gasteiger partial charge on any atom is 0.333 e. The van der Waals surface area contributed by atoms with E-state index in [2.05, 4.69) is 4.74 Å². The van der Waals surface area contributed by atoms with Crippen LogP contribution in [0.1, 0.15) is 13.3 Å². The fraction of sp³-hybridized carbons (Fsp3) is 0.308. The van der Waals surface area contributed by atoms with Gasteiger partial charge in [-0.25, -0.2) is 13.6 Å². The van der Waals surface area contributed by atoms with Crippen molar-refractivity contribution in [3.05, 3.63) is 41.5 Å². The highest BCUT2D eigenvalue weighted by Crippen LogP contribution is 2.20. The zero-order chi connectivity index (χ0) is 13.5. The Morgan fingerprint density at radius 3 is 2.44 bits per heavy atom. The highest BCUT2D eigenvalue weighted by atomic mass is 19.1. The molecule has 18 heavy (non-hydrogen) atoms. The second-order valence-corrected chi connectivity index (χ2v) is 3.44. The smallest absolute Gasteiger partial charge is 0.333 e. The minimum absolute atomic E-state index is 0.101. The van der Waals surface area contributed by atoms with E-state index in [0.717, 1.165) is 12.1 Å². The fourth-order valence-corrected chi connectivity index (χ4v) is 1.35. The average Bonchev–Trinajstić information content (AvgIpc) is 2.37. The standard InChI is InChI=1S/C13H14F2O3/c1-3-9(13(16)17-2)7-8-18-12-10(14)5-4-6-11(12)15/h4-7H,3,8H2,1-2H3/b9-7-. The number of esters is 1.